The van der Waals surface area contributed by atoms with Crippen molar-refractivity contribution in [2.75, 3.05) is 0 Å². The minimum absolute atomic E-state index is 0.219. The fourth-order valence-electron chi connectivity index (χ4n) is 1.12. The van der Waals surface area contributed by atoms with Gasteiger partial charge >= 0.3 is 6.18 Å². The summed E-state index contributed by atoms with van der Waals surface area (Å²) < 4.78 is 42.4. The molecule has 1 aliphatic rings. The number of hydrogen-bond donors (Lipinski definition) is 0. The Labute approximate surface area is 79.7 Å². The van der Waals surface area contributed by atoms with E-state index in [4.69, 9.17) is 4.74 Å². The molecule has 0 saturated heterocycles. The van der Waals surface area contributed by atoms with Crippen LogP contribution in [0.5, 0.6) is 0 Å². The molecular formula is C9H11F3O2. The predicted octanol–water partition coefficient (Wildman–Crippen LogP) is 2.45. The Bertz CT molecular complexity index is 266. The van der Waals surface area contributed by atoms with Crippen LogP contribution in [0.25, 0.3) is 0 Å². The number of ketones is 1. The van der Waals surface area contributed by atoms with Crippen LogP contribution in [0.3, 0.4) is 0 Å². The summed E-state index contributed by atoms with van der Waals surface area (Å²) in [6.07, 6.45) is -3.54. The van der Waals surface area contributed by atoms with Crippen LogP contribution in [0.2, 0.25) is 0 Å². The Kier molecular flexibility index (Phi) is 2.61. The first kappa shape index (κ1) is 11.1. The van der Waals surface area contributed by atoms with Gasteiger partial charge in [-0.25, -0.2) is 0 Å². The van der Waals surface area contributed by atoms with Crippen LogP contribution in [0.4, 0.5) is 13.2 Å². The summed E-state index contributed by atoms with van der Waals surface area (Å²) in [4.78, 5) is 10.9. The van der Waals surface area contributed by atoms with Crippen LogP contribution in [0.1, 0.15) is 20.3 Å². The first-order valence-corrected chi connectivity index (χ1v) is 4.16. The van der Waals surface area contributed by atoms with Crippen molar-refractivity contribution < 1.29 is 22.7 Å². The number of carbonyl (C=O) groups is 1. The number of hydrogen-bond acceptors (Lipinski definition) is 2. The molecule has 1 unspecified atom stereocenters. The second-order valence-corrected chi connectivity index (χ2v) is 3.82. The van der Waals surface area contributed by atoms with Gasteiger partial charge in [0.2, 0.25) is 0 Å². The van der Waals surface area contributed by atoms with E-state index in [0.29, 0.717) is 0 Å². The van der Waals surface area contributed by atoms with Gasteiger partial charge in [0, 0.05) is 12.5 Å². The van der Waals surface area contributed by atoms with Gasteiger partial charge in [-0.15, -0.1) is 0 Å². The van der Waals surface area contributed by atoms with Crippen molar-refractivity contribution in [1.82, 2.24) is 0 Å². The van der Waals surface area contributed by atoms with E-state index in [1.165, 1.54) is 0 Å². The maximum Gasteiger partial charge on any atom is 0.397 e. The zero-order valence-corrected chi connectivity index (χ0v) is 7.89. The SMILES string of the molecule is CC(C)(C1CC(=O)C=CO1)C(F)(F)F. The maximum atomic E-state index is 12.5. The highest BCUT2D eigenvalue weighted by Crippen LogP contribution is 2.43. The molecule has 1 atom stereocenters. The van der Waals surface area contributed by atoms with E-state index in [1.54, 1.807) is 0 Å². The normalized spacial score (nSPS) is 23.5. The Morgan fingerprint density at radius 2 is 2.00 bits per heavy atom. The zero-order valence-electron chi connectivity index (χ0n) is 7.89. The van der Waals surface area contributed by atoms with Crippen molar-refractivity contribution in [3.8, 4) is 0 Å². The van der Waals surface area contributed by atoms with Crippen LogP contribution < -0.4 is 0 Å². The second kappa shape index (κ2) is 3.29. The van der Waals surface area contributed by atoms with E-state index < -0.39 is 17.7 Å². The molecule has 0 saturated carbocycles. The van der Waals surface area contributed by atoms with E-state index in [2.05, 4.69) is 0 Å². The summed E-state index contributed by atoms with van der Waals surface area (Å²) >= 11 is 0. The summed E-state index contributed by atoms with van der Waals surface area (Å²) in [5.41, 5.74) is -2.01. The molecule has 0 aliphatic carbocycles. The molecule has 0 N–H and O–H groups in total. The lowest BCUT2D eigenvalue weighted by atomic mass is 9.82. The van der Waals surface area contributed by atoms with E-state index in [1.807, 2.05) is 0 Å². The monoisotopic (exact) mass is 208 g/mol. The molecule has 0 fully saturated rings. The van der Waals surface area contributed by atoms with Crippen molar-refractivity contribution in [3.63, 3.8) is 0 Å². The van der Waals surface area contributed by atoms with Gasteiger partial charge in [0.25, 0.3) is 0 Å². The topological polar surface area (TPSA) is 26.3 Å². The van der Waals surface area contributed by atoms with Gasteiger partial charge in [-0.1, -0.05) is 0 Å². The van der Waals surface area contributed by atoms with Crippen LogP contribution in [0, 0.1) is 5.41 Å². The Morgan fingerprint density at radius 1 is 1.43 bits per heavy atom. The summed E-state index contributed by atoms with van der Waals surface area (Å²) in [5, 5.41) is 0. The van der Waals surface area contributed by atoms with Gasteiger partial charge in [-0.05, 0) is 13.8 Å². The number of rotatable bonds is 1. The molecule has 0 radical (unpaired) electrons. The van der Waals surface area contributed by atoms with Gasteiger partial charge in [0.1, 0.15) is 6.10 Å². The molecule has 14 heavy (non-hydrogen) atoms. The standard InChI is InChI=1S/C9H11F3O2/c1-8(2,9(10,11)12)7-5-6(13)3-4-14-7/h3-4,7H,5H2,1-2H3. The van der Waals surface area contributed by atoms with Crippen LogP contribution >= 0.6 is 0 Å². The third-order valence-corrected chi connectivity index (χ3v) is 2.42. The third-order valence-electron chi connectivity index (χ3n) is 2.42. The van der Waals surface area contributed by atoms with Crippen molar-refractivity contribution in [2.45, 2.75) is 32.5 Å². The van der Waals surface area contributed by atoms with E-state index >= 15 is 0 Å². The predicted molar refractivity (Wildman–Crippen MR) is 43.5 cm³/mol. The van der Waals surface area contributed by atoms with Crippen molar-refractivity contribution in [2.24, 2.45) is 5.41 Å². The molecule has 0 aromatic rings. The minimum Gasteiger partial charge on any atom is -0.497 e. The highest BCUT2D eigenvalue weighted by molar-refractivity contribution is 5.90. The molecule has 1 rings (SSSR count). The van der Waals surface area contributed by atoms with E-state index in [-0.39, 0.29) is 12.2 Å². The highest BCUT2D eigenvalue weighted by Gasteiger charge is 2.54. The first-order valence-electron chi connectivity index (χ1n) is 4.16. The molecule has 80 valence electrons. The Balaban J connectivity index is 2.84. The lowest BCUT2D eigenvalue weighted by Gasteiger charge is -2.35. The largest absolute Gasteiger partial charge is 0.497 e. The Hall–Kier alpha value is -1.00. The molecule has 0 aromatic carbocycles. The number of allylic oxidation sites excluding steroid dienone is 1. The Morgan fingerprint density at radius 3 is 2.43 bits per heavy atom. The molecule has 5 heteroatoms. The molecule has 0 amide bonds. The van der Waals surface area contributed by atoms with Crippen LogP contribution in [0.15, 0.2) is 12.3 Å². The molecular weight excluding hydrogens is 197 g/mol. The molecule has 1 aliphatic heterocycles. The summed E-state index contributed by atoms with van der Waals surface area (Å²) in [5.74, 6) is -0.335. The first-order chi connectivity index (χ1) is 6.25. The average molecular weight is 208 g/mol. The number of halogens is 3. The van der Waals surface area contributed by atoms with E-state index in [9.17, 15) is 18.0 Å². The van der Waals surface area contributed by atoms with Gasteiger partial charge in [-0.2, -0.15) is 13.2 Å². The van der Waals surface area contributed by atoms with Gasteiger partial charge in [0.15, 0.2) is 5.78 Å². The highest BCUT2D eigenvalue weighted by atomic mass is 19.4. The van der Waals surface area contributed by atoms with Crippen LogP contribution in [-0.4, -0.2) is 18.1 Å². The lowest BCUT2D eigenvalue weighted by molar-refractivity contribution is -0.242. The van der Waals surface area contributed by atoms with Crippen molar-refractivity contribution >= 4 is 5.78 Å². The average Bonchev–Trinajstić information content (AvgIpc) is 2.02. The molecule has 0 aromatic heterocycles. The van der Waals surface area contributed by atoms with Gasteiger partial charge in [-0.3, -0.25) is 4.79 Å². The lowest BCUT2D eigenvalue weighted by Crippen LogP contribution is -2.45. The summed E-state index contributed by atoms with van der Waals surface area (Å²) in [7, 11) is 0. The molecule has 0 spiro atoms. The van der Waals surface area contributed by atoms with Gasteiger partial charge < -0.3 is 4.74 Å². The van der Waals surface area contributed by atoms with Crippen molar-refractivity contribution in [3.05, 3.63) is 12.3 Å². The number of carbonyl (C=O) groups excluding carboxylic acids is 1. The zero-order chi connectivity index (χ0) is 11.0. The quantitative estimate of drug-likeness (QED) is 0.661. The van der Waals surface area contributed by atoms with E-state index in [0.717, 1.165) is 26.2 Å². The second-order valence-electron chi connectivity index (χ2n) is 3.82. The number of ether oxygens (including phenoxy) is 1. The smallest absolute Gasteiger partial charge is 0.397 e. The fraction of sp³-hybridized carbons (Fsp3) is 0.667. The van der Waals surface area contributed by atoms with Crippen molar-refractivity contribution in [1.29, 1.82) is 0 Å². The number of alkyl halides is 3. The summed E-state index contributed by atoms with van der Waals surface area (Å²) in [6, 6.07) is 0. The summed E-state index contributed by atoms with van der Waals surface area (Å²) in [6.45, 7) is 2.06. The molecule has 1 heterocycles. The molecule has 2 nitrogen and oxygen atoms in total. The van der Waals surface area contributed by atoms with Gasteiger partial charge in [0.05, 0.1) is 11.7 Å². The minimum atomic E-state index is -4.37. The maximum absolute atomic E-state index is 12.5. The van der Waals surface area contributed by atoms with Crippen LogP contribution in [-0.2, 0) is 9.53 Å². The molecule has 0 bridgehead atoms. The third kappa shape index (κ3) is 1.91. The fourth-order valence-corrected chi connectivity index (χ4v) is 1.12.